The maximum atomic E-state index is 12.5. The number of esters is 1. The highest BCUT2D eigenvalue weighted by Gasteiger charge is 2.23. The van der Waals surface area contributed by atoms with Crippen molar-refractivity contribution in [1.29, 1.82) is 0 Å². The number of cyclic esters (lactones) is 1. The molecule has 0 radical (unpaired) electrons. The molecule has 142 valence electrons. The molecule has 0 bridgehead atoms. The molecule has 7 heteroatoms. The van der Waals surface area contributed by atoms with E-state index in [2.05, 4.69) is 0 Å². The largest absolute Gasteiger partial charge is 0.507 e. The number of hydrogen-bond acceptors (Lipinski definition) is 7. The standard InChI is InChI=1S/C19H24O7/c1-11-5-3-7-14(20)18(23)15(21)8-4-6-12-9-13(25-2)10-16(22)17(12)19(24)26-11/h3-4,6-7,9-11,14-15,18,20-23H,5,8H2,1-2H3/b6-4-,7-3-. The number of methoxy groups -OCH3 is 1. The summed E-state index contributed by atoms with van der Waals surface area (Å²) in [6.45, 7) is 1.67. The third-order valence-corrected chi connectivity index (χ3v) is 4.09. The van der Waals surface area contributed by atoms with Crippen LogP contribution in [-0.2, 0) is 4.74 Å². The minimum absolute atomic E-state index is 0.00925. The Morgan fingerprint density at radius 2 is 1.88 bits per heavy atom. The summed E-state index contributed by atoms with van der Waals surface area (Å²) in [4.78, 5) is 12.5. The molecule has 1 aliphatic heterocycles. The average Bonchev–Trinajstić information content (AvgIpc) is 2.59. The van der Waals surface area contributed by atoms with Crippen molar-refractivity contribution in [3.05, 3.63) is 41.5 Å². The number of carbonyl (C=O) groups is 1. The van der Waals surface area contributed by atoms with Gasteiger partial charge in [-0.3, -0.25) is 0 Å². The predicted molar refractivity (Wildman–Crippen MR) is 95.0 cm³/mol. The Bertz CT molecular complexity index is 695. The van der Waals surface area contributed by atoms with Crippen LogP contribution >= 0.6 is 0 Å². The molecule has 0 fully saturated rings. The van der Waals surface area contributed by atoms with Gasteiger partial charge < -0.3 is 29.9 Å². The SMILES string of the molecule is COc1cc(O)c2c(c1)/C=C\CC(O)C(O)C(O)/C=C\CC(C)OC2=O. The van der Waals surface area contributed by atoms with Gasteiger partial charge in [0.05, 0.1) is 13.2 Å². The van der Waals surface area contributed by atoms with E-state index in [1.807, 2.05) is 0 Å². The lowest BCUT2D eigenvalue weighted by Gasteiger charge is -2.20. The number of aliphatic hydroxyl groups is 3. The van der Waals surface area contributed by atoms with Gasteiger partial charge in [0.15, 0.2) is 0 Å². The van der Waals surface area contributed by atoms with Crippen LogP contribution in [0, 0.1) is 0 Å². The second-order valence-corrected chi connectivity index (χ2v) is 6.18. The predicted octanol–water partition coefficient (Wildman–Crippen LogP) is 1.39. The van der Waals surface area contributed by atoms with Crippen molar-refractivity contribution in [2.24, 2.45) is 0 Å². The zero-order valence-electron chi connectivity index (χ0n) is 14.7. The van der Waals surface area contributed by atoms with Crippen molar-refractivity contribution >= 4 is 12.0 Å². The van der Waals surface area contributed by atoms with E-state index in [0.717, 1.165) is 0 Å². The molecule has 7 nitrogen and oxygen atoms in total. The molecule has 4 unspecified atom stereocenters. The van der Waals surface area contributed by atoms with Gasteiger partial charge in [-0.25, -0.2) is 4.79 Å². The average molecular weight is 364 g/mol. The Balaban J connectivity index is 2.44. The van der Waals surface area contributed by atoms with Gasteiger partial charge in [-0.1, -0.05) is 24.3 Å². The van der Waals surface area contributed by atoms with E-state index in [1.54, 1.807) is 19.1 Å². The molecule has 4 atom stereocenters. The molecule has 1 heterocycles. The van der Waals surface area contributed by atoms with Crippen LogP contribution in [0.4, 0.5) is 0 Å². The first-order valence-corrected chi connectivity index (χ1v) is 8.32. The third kappa shape index (κ3) is 4.85. The van der Waals surface area contributed by atoms with E-state index in [-0.39, 0.29) is 17.7 Å². The minimum Gasteiger partial charge on any atom is -0.507 e. The van der Waals surface area contributed by atoms with Crippen LogP contribution in [-0.4, -0.2) is 57.9 Å². The summed E-state index contributed by atoms with van der Waals surface area (Å²) in [7, 11) is 1.43. The molecule has 0 saturated carbocycles. The smallest absolute Gasteiger partial charge is 0.342 e. The number of aliphatic hydroxyl groups excluding tert-OH is 3. The molecule has 1 aromatic carbocycles. The van der Waals surface area contributed by atoms with E-state index in [1.165, 1.54) is 31.4 Å². The van der Waals surface area contributed by atoms with Gasteiger partial charge >= 0.3 is 5.97 Å². The number of phenols is 1. The van der Waals surface area contributed by atoms with Crippen molar-refractivity contribution in [2.75, 3.05) is 7.11 Å². The lowest BCUT2D eigenvalue weighted by molar-refractivity contribution is -0.0394. The van der Waals surface area contributed by atoms with E-state index >= 15 is 0 Å². The van der Waals surface area contributed by atoms with Crippen LogP contribution in [0.15, 0.2) is 30.4 Å². The summed E-state index contributed by atoms with van der Waals surface area (Å²) < 4.78 is 10.4. The fourth-order valence-corrected chi connectivity index (χ4v) is 2.61. The van der Waals surface area contributed by atoms with Crippen LogP contribution in [0.5, 0.6) is 11.5 Å². The fourth-order valence-electron chi connectivity index (χ4n) is 2.61. The van der Waals surface area contributed by atoms with Gasteiger partial charge in [0.2, 0.25) is 0 Å². The Morgan fingerprint density at radius 1 is 1.15 bits per heavy atom. The van der Waals surface area contributed by atoms with E-state index < -0.39 is 30.4 Å². The van der Waals surface area contributed by atoms with E-state index in [9.17, 15) is 25.2 Å². The first kappa shape index (κ1) is 20.0. The number of ether oxygens (including phenoxy) is 2. The molecule has 0 saturated heterocycles. The van der Waals surface area contributed by atoms with Gasteiger partial charge in [-0.05, 0) is 25.0 Å². The summed E-state index contributed by atoms with van der Waals surface area (Å²) >= 11 is 0. The molecule has 0 aromatic heterocycles. The maximum Gasteiger partial charge on any atom is 0.342 e. The molecule has 0 aliphatic carbocycles. The lowest BCUT2D eigenvalue weighted by atomic mass is 10.0. The molecule has 0 amide bonds. The summed E-state index contributed by atoms with van der Waals surface area (Å²) in [6, 6.07) is 2.87. The maximum absolute atomic E-state index is 12.5. The Morgan fingerprint density at radius 3 is 2.58 bits per heavy atom. The molecular weight excluding hydrogens is 340 g/mol. The first-order valence-electron chi connectivity index (χ1n) is 8.32. The normalized spacial score (nSPS) is 29.8. The van der Waals surface area contributed by atoms with Crippen molar-refractivity contribution in [3.8, 4) is 11.5 Å². The highest BCUT2D eigenvalue weighted by molar-refractivity contribution is 5.97. The number of aromatic hydroxyl groups is 1. The Kier molecular flexibility index (Phi) is 6.79. The number of phenolic OH excluding ortho intramolecular Hbond substituents is 1. The van der Waals surface area contributed by atoms with Crippen LogP contribution < -0.4 is 4.74 Å². The quantitative estimate of drug-likeness (QED) is 0.439. The second kappa shape index (κ2) is 8.84. The van der Waals surface area contributed by atoms with Crippen LogP contribution in [0.2, 0.25) is 0 Å². The molecule has 4 N–H and O–H groups in total. The summed E-state index contributed by atoms with van der Waals surface area (Å²) in [5.41, 5.74) is 0.346. The lowest BCUT2D eigenvalue weighted by Crippen LogP contribution is -2.35. The molecular formula is C19H24O7. The molecule has 1 aromatic rings. The van der Waals surface area contributed by atoms with Gasteiger partial charge in [0.25, 0.3) is 0 Å². The van der Waals surface area contributed by atoms with E-state index in [4.69, 9.17) is 9.47 Å². The fraction of sp³-hybridized carbons (Fsp3) is 0.421. The van der Waals surface area contributed by atoms with Gasteiger partial charge in [0, 0.05) is 12.5 Å². The van der Waals surface area contributed by atoms with E-state index in [0.29, 0.717) is 17.7 Å². The Labute approximate surface area is 151 Å². The molecule has 0 spiro atoms. The highest BCUT2D eigenvalue weighted by Crippen LogP contribution is 2.30. The number of benzene rings is 1. The number of hydrogen-bond donors (Lipinski definition) is 4. The van der Waals surface area contributed by atoms with Crippen molar-refractivity contribution in [3.63, 3.8) is 0 Å². The van der Waals surface area contributed by atoms with Crippen LogP contribution in [0.25, 0.3) is 6.08 Å². The summed E-state index contributed by atoms with van der Waals surface area (Å²) in [5, 5.41) is 40.0. The van der Waals surface area contributed by atoms with Crippen molar-refractivity contribution in [2.45, 2.75) is 44.2 Å². The zero-order valence-corrected chi connectivity index (χ0v) is 14.7. The van der Waals surface area contributed by atoms with Gasteiger partial charge in [-0.2, -0.15) is 0 Å². The summed E-state index contributed by atoms with van der Waals surface area (Å²) in [5.74, 6) is -0.615. The molecule has 26 heavy (non-hydrogen) atoms. The van der Waals surface area contributed by atoms with Crippen molar-refractivity contribution < 1.29 is 34.7 Å². The summed E-state index contributed by atoms with van der Waals surface area (Å²) in [6.07, 6.45) is 2.00. The minimum atomic E-state index is -1.35. The second-order valence-electron chi connectivity index (χ2n) is 6.18. The van der Waals surface area contributed by atoms with Crippen LogP contribution in [0.1, 0.15) is 35.7 Å². The number of fused-ring (bicyclic) bond motifs is 1. The highest BCUT2D eigenvalue weighted by atomic mass is 16.5. The Hall–Kier alpha value is -2.35. The van der Waals surface area contributed by atoms with Crippen molar-refractivity contribution in [1.82, 2.24) is 0 Å². The van der Waals surface area contributed by atoms with Crippen LogP contribution in [0.3, 0.4) is 0 Å². The topological polar surface area (TPSA) is 116 Å². The monoisotopic (exact) mass is 364 g/mol. The third-order valence-electron chi connectivity index (χ3n) is 4.09. The van der Waals surface area contributed by atoms with Gasteiger partial charge in [0.1, 0.15) is 35.4 Å². The molecule has 1 aliphatic rings. The van der Waals surface area contributed by atoms with Gasteiger partial charge in [-0.15, -0.1) is 0 Å². The zero-order chi connectivity index (χ0) is 19.3. The first-order chi connectivity index (χ1) is 12.3. The molecule has 2 rings (SSSR count). The number of carbonyl (C=O) groups excluding carboxylic acids is 1. The number of rotatable bonds is 1.